The van der Waals surface area contributed by atoms with E-state index in [0.29, 0.717) is 39.2 Å². The highest BCUT2D eigenvalue weighted by molar-refractivity contribution is 5.89. The quantitative estimate of drug-likeness (QED) is 0.833. The molecule has 0 aromatic carbocycles. The molecule has 6 nitrogen and oxygen atoms in total. The van der Waals surface area contributed by atoms with E-state index in [9.17, 15) is 9.59 Å². The third-order valence-corrected chi connectivity index (χ3v) is 4.55. The molecular formula is C17H23N3O3. The van der Waals surface area contributed by atoms with Crippen molar-refractivity contribution in [2.75, 3.05) is 26.2 Å². The van der Waals surface area contributed by atoms with Gasteiger partial charge in [0.25, 0.3) is 0 Å². The molecule has 23 heavy (non-hydrogen) atoms. The number of pyridine rings is 1. The molecule has 3 heterocycles. The Kier molecular flexibility index (Phi) is 4.91. The third kappa shape index (κ3) is 3.69. The number of hydrogen-bond donors (Lipinski definition) is 0. The molecule has 124 valence electrons. The summed E-state index contributed by atoms with van der Waals surface area (Å²) in [5.74, 6) is -0.111. The molecule has 2 atom stereocenters. The van der Waals surface area contributed by atoms with Crippen molar-refractivity contribution in [3.63, 3.8) is 0 Å². The Morgan fingerprint density at radius 1 is 1.39 bits per heavy atom. The van der Waals surface area contributed by atoms with E-state index in [2.05, 4.69) is 11.9 Å². The Balaban J connectivity index is 1.59. The first-order valence-corrected chi connectivity index (χ1v) is 8.25. The maximum Gasteiger partial charge on any atom is 0.228 e. The summed E-state index contributed by atoms with van der Waals surface area (Å²) in [5.41, 5.74) is 0.853. The molecule has 6 heteroatoms. The maximum absolute atomic E-state index is 12.7. The van der Waals surface area contributed by atoms with Gasteiger partial charge >= 0.3 is 0 Å². The molecule has 1 aromatic heterocycles. The van der Waals surface area contributed by atoms with Crippen LogP contribution < -0.4 is 0 Å². The number of carbonyl (C=O) groups is 2. The Bertz CT molecular complexity index is 563. The second kappa shape index (κ2) is 7.08. The van der Waals surface area contributed by atoms with Crippen LogP contribution in [-0.4, -0.2) is 58.9 Å². The fourth-order valence-electron chi connectivity index (χ4n) is 3.20. The van der Waals surface area contributed by atoms with Crippen LogP contribution in [0, 0.1) is 5.92 Å². The van der Waals surface area contributed by atoms with Crippen molar-refractivity contribution < 1.29 is 14.3 Å². The summed E-state index contributed by atoms with van der Waals surface area (Å²) in [6.45, 7) is 4.88. The second-order valence-corrected chi connectivity index (χ2v) is 6.18. The van der Waals surface area contributed by atoms with Crippen molar-refractivity contribution in [3.8, 4) is 0 Å². The number of morpholine rings is 1. The number of ether oxygens (including phenoxy) is 1. The molecule has 0 saturated carbocycles. The lowest BCUT2D eigenvalue weighted by Crippen LogP contribution is -2.48. The van der Waals surface area contributed by atoms with Gasteiger partial charge in [0, 0.05) is 32.3 Å². The number of aromatic nitrogens is 1. The van der Waals surface area contributed by atoms with Gasteiger partial charge in [0.2, 0.25) is 11.8 Å². The summed E-state index contributed by atoms with van der Waals surface area (Å²) in [6.07, 6.45) is 3.05. The zero-order valence-electron chi connectivity index (χ0n) is 13.5. The van der Waals surface area contributed by atoms with Gasteiger partial charge in [0.15, 0.2) is 0 Å². The topological polar surface area (TPSA) is 62.7 Å². The van der Waals surface area contributed by atoms with E-state index in [4.69, 9.17) is 4.74 Å². The summed E-state index contributed by atoms with van der Waals surface area (Å²) >= 11 is 0. The molecule has 1 aromatic rings. The minimum Gasteiger partial charge on any atom is -0.375 e. The van der Waals surface area contributed by atoms with Gasteiger partial charge in [-0.1, -0.05) is 13.0 Å². The smallest absolute Gasteiger partial charge is 0.228 e. The molecule has 2 fully saturated rings. The standard InChI is InChI=1S/C17H23N3O3/c1-2-15-12-19(7-8-23-15)17(22)13-9-16(21)20(10-13)11-14-5-3-4-6-18-14/h3-6,13,15H,2,7-12H2,1H3/t13-,15-/m0/s1. The van der Waals surface area contributed by atoms with Gasteiger partial charge in [0.1, 0.15) is 0 Å². The predicted molar refractivity (Wildman–Crippen MR) is 84.4 cm³/mol. The number of amides is 2. The molecule has 0 N–H and O–H groups in total. The van der Waals surface area contributed by atoms with Crippen LogP contribution in [-0.2, 0) is 20.9 Å². The number of rotatable bonds is 4. The molecule has 0 unspecified atom stereocenters. The lowest BCUT2D eigenvalue weighted by molar-refractivity contribution is -0.143. The SMILES string of the molecule is CC[C@H]1CN(C(=O)[C@H]2CC(=O)N(Cc3ccccn3)C2)CCO1. The average molecular weight is 317 g/mol. The van der Waals surface area contributed by atoms with E-state index in [-0.39, 0.29) is 23.8 Å². The number of likely N-dealkylation sites (tertiary alicyclic amines) is 1. The van der Waals surface area contributed by atoms with E-state index >= 15 is 0 Å². The summed E-state index contributed by atoms with van der Waals surface area (Å²) in [7, 11) is 0. The fourth-order valence-corrected chi connectivity index (χ4v) is 3.20. The molecule has 3 rings (SSSR count). The van der Waals surface area contributed by atoms with Gasteiger partial charge in [-0.2, -0.15) is 0 Å². The Hall–Kier alpha value is -1.95. The monoisotopic (exact) mass is 317 g/mol. The first-order chi connectivity index (χ1) is 11.2. The fraction of sp³-hybridized carbons (Fsp3) is 0.588. The molecule has 2 saturated heterocycles. The first-order valence-electron chi connectivity index (χ1n) is 8.25. The molecule has 0 aliphatic carbocycles. The van der Waals surface area contributed by atoms with Crippen molar-refractivity contribution in [3.05, 3.63) is 30.1 Å². The lowest BCUT2D eigenvalue weighted by atomic mass is 10.1. The van der Waals surface area contributed by atoms with E-state index in [0.717, 1.165) is 12.1 Å². The van der Waals surface area contributed by atoms with Crippen LogP contribution in [0.1, 0.15) is 25.5 Å². The summed E-state index contributed by atoms with van der Waals surface area (Å²) in [5, 5.41) is 0. The number of carbonyl (C=O) groups excluding carboxylic acids is 2. The minimum absolute atomic E-state index is 0.0364. The highest BCUT2D eigenvalue weighted by Crippen LogP contribution is 2.23. The summed E-state index contributed by atoms with van der Waals surface area (Å²) in [6, 6.07) is 5.66. The van der Waals surface area contributed by atoms with Crippen LogP contribution in [0.4, 0.5) is 0 Å². The number of nitrogens with zero attached hydrogens (tertiary/aromatic N) is 3. The van der Waals surface area contributed by atoms with Crippen molar-refractivity contribution in [1.82, 2.24) is 14.8 Å². The van der Waals surface area contributed by atoms with Gasteiger partial charge in [-0.05, 0) is 18.6 Å². The average Bonchev–Trinajstić information content (AvgIpc) is 2.96. The van der Waals surface area contributed by atoms with Crippen molar-refractivity contribution >= 4 is 11.8 Å². The molecule has 2 aliphatic heterocycles. The van der Waals surface area contributed by atoms with E-state index in [1.165, 1.54) is 0 Å². The Morgan fingerprint density at radius 3 is 3.00 bits per heavy atom. The maximum atomic E-state index is 12.7. The lowest BCUT2D eigenvalue weighted by Gasteiger charge is -2.34. The van der Waals surface area contributed by atoms with Crippen LogP contribution in [0.2, 0.25) is 0 Å². The van der Waals surface area contributed by atoms with E-state index in [1.54, 1.807) is 11.1 Å². The van der Waals surface area contributed by atoms with Crippen LogP contribution in [0.3, 0.4) is 0 Å². The molecule has 2 amide bonds. The van der Waals surface area contributed by atoms with Crippen LogP contribution in [0.5, 0.6) is 0 Å². The molecule has 0 bridgehead atoms. The normalized spacial score (nSPS) is 25.0. The summed E-state index contributed by atoms with van der Waals surface area (Å²) in [4.78, 5) is 32.7. The minimum atomic E-state index is -0.234. The number of hydrogen-bond acceptors (Lipinski definition) is 4. The van der Waals surface area contributed by atoms with E-state index < -0.39 is 0 Å². The van der Waals surface area contributed by atoms with Gasteiger partial charge in [0.05, 0.1) is 30.9 Å². The van der Waals surface area contributed by atoms with Gasteiger partial charge in [-0.15, -0.1) is 0 Å². The van der Waals surface area contributed by atoms with Crippen molar-refractivity contribution in [2.45, 2.75) is 32.4 Å². The highest BCUT2D eigenvalue weighted by atomic mass is 16.5. The van der Waals surface area contributed by atoms with Gasteiger partial charge in [-0.25, -0.2) is 0 Å². The second-order valence-electron chi connectivity index (χ2n) is 6.18. The van der Waals surface area contributed by atoms with Crippen LogP contribution >= 0.6 is 0 Å². The van der Waals surface area contributed by atoms with Crippen LogP contribution in [0.15, 0.2) is 24.4 Å². The van der Waals surface area contributed by atoms with Gasteiger partial charge < -0.3 is 14.5 Å². The summed E-state index contributed by atoms with van der Waals surface area (Å²) < 4.78 is 5.61. The van der Waals surface area contributed by atoms with Crippen molar-refractivity contribution in [2.24, 2.45) is 5.92 Å². The first kappa shape index (κ1) is 15.9. The molecule has 0 radical (unpaired) electrons. The molecule has 0 spiro atoms. The molecular weight excluding hydrogens is 294 g/mol. The van der Waals surface area contributed by atoms with E-state index in [1.807, 2.05) is 23.1 Å². The largest absolute Gasteiger partial charge is 0.375 e. The Labute approximate surface area is 136 Å². The highest BCUT2D eigenvalue weighted by Gasteiger charge is 2.37. The third-order valence-electron chi connectivity index (χ3n) is 4.55. The Morgan fingerprint density at radius 2 is 2.26 bits per heavy atom. The predicted octanol–water partition coefficient (Wildman–Crippen LogP) is 1.07. The van der Waals surface area contributed by atoms with Crippen molar-refractivity contribution in [1.29, 1.82) is 0 Å². The zero-order chi connectivity index (χ0) is 16.2. The zero-order valence-corrected chi connectivity index (χ0v) is 13.5. The van der Waals surface area contributed by atoms with Crippen LogP contribution in [0.25, 0.3) is 0 Å². The van der Waals surface area contributed by atoms with Gasteiger partial charge in [-0.3, -0.25) is 14.6 Å². The molecule has 2 aliphatic rings.